The van der Waals surface area contributed by atoms with E-state index in [0.29, 0.717) is 25.5 Å². The van der Waals surface area contributed by atoms with Crippen molar-refractivity contribution in [3.8, 4) is 11.5 Å². The zero-order valence-corrected chi connectivity index (χ0v) is 16.1. The Morgan fingerprint density at radius 2 is 1.89 bits per heavy atom. The van der Waals surface area contributed by atoms with Crippen LogP contribution in [-0.2, 0) is 6.18 Å². The summed E-state index contributed by atoms with van der Waals surface area (Å²) in [4.78, 5) is 12.6. The van der Waals surface area contributed by atoms with Gasteiger partial charge in [0.25, 0.3) is 5.91 Å². The molecule has 2 aromatic carbocycles. The molecule has 2 rings (SSSR count). The third-order valence-corrected chi connectivity index (χ3v) is 3.98. The van der Waals surface area contributed by atoms with Gasteiger partial charge in [-0.05, 0) is 44.3 Å². The molecule has 0 bridgehead atoms. The van der Waals surface area contributed by atoms with Crippen molar-refractivity contribution in [1.29, 1.82) is 0 Å². The van der Waals surface area contributed by atoms with E-state index < -0.39 is 22.7 Å². The molecule has 0 spiro atoms. The average Bonchev–Trinajstić information content (AvgIpc) is 2.63. The number of ether oxygens (including phenoxy) is 2. The van der Waals surface area contributed by atoms with E-state index in [1.54, 1.807) is 19.2 Å². The van der Waals surface area contributed by atoms with E-state index in [4.69, 9.17) is 21.1 Å². The normalized spacial score (nSPS) is 11.2. The minimum absolute atomic E-state index is 0.0308. The van der Waals surface area contributed by atoms with E-state index >= 15 is 0 Å². The lowest BCUT2D eigenvalue weighted by Crippen LogP contribution is -2.19. The van der Waals surface area contributed by atoms with Crippen LogP contribution in [0.3, 0.4) is 0 Å². The van der Waals surface area contributed by atoms with Crippen LogP contribution in [0.1, 0.15) is 22.8 Å². The predicted molar refractivity (Wildman–Crippen MR) is 101 cm³/mol. The van der Waals surface area contributed by atoms with Crippen molar-refractivity contribution in [1.82, 2.24) is 5.32 Å². The van der Waals surface area contributed by atoms with Crippen LogP contribution in [0.5, 0.6) is 11.5 Å². The van der Waals surface area contributed by atoms with Gasteiger partial charge in [0.05, 0.1) is 22.8 Å². The largest absolute Gasteiger partial charge is 0.494 e. The second-order valence-corrected chi connectivity index (χ2v) is 6.10. The Morgan fingerprint density at radius 1 is 1.14 bits per heavy atom. The number of halogens is 4. The zero-order valence-electron chi connectivity index (χ0n) is 15.3. The first-order valence-electron chi connectivity index (χ1n) is 8.48. The first-order valence-corrected chi connectivity index (χ1v) is 8.86. The third kappa shape index (κ3) is 5.77. The first-order chi connectivity index (χ1) is 13.3. The summed E-state index contributed by atoms with van der Waals surface area (Å²) in [6.07, 6.45) is -4.63. The molecule has 28 heavy (non-hydrogen) atoms. The molecule has 0 aromatic heterocycles. The molecule has 0 aliphatic heterocycles. The summed E-state index contributed by atoms with van der Waals surface area (Å²) in [5.74, 6) is 0.172. The zero-order chi connectivity index (χ0) is 20.7. The quantitative estimate of drug-likeness (QED) is 0.617. The minimum Gasteiger partial charge on any atom is -0.494 e. The van der Waals surface area contributed by atoms with Gasteiger partial charge in [0.1, 0.15) is 18.1 Å². The van der Waals surface area contributed by atoms with Crippen LogP contribution >= 0.6 is 11.6 Å². The molecule has 2 aromatic rings. The van der Waals surface area contributed by atoms with Gasteiger partial charge in [0.15, 0.2) is 0 Å². The van der Waals surface area contributed by atoms with E-state index in [-0.39, 0.29) is 17.0 Å². The topological polar surface area (TPSA) is 59.6 Å². The summed E-state index contributed by atoms with van der Waals surface area (Å²) in [7, 11) is 1.76. The van der Waals surface area contributed by atoms with E-state index in [1.165, 1.54) is 12.1 Å². The molecular formula is C19H20ClF3N2O3. The van der Waals surface area contributed by atoms with Gasteiger partial charge in [-0.15, -0.1) is 0 Å². The summed E-state index contributed by atoms with van der Waals surface area (Å²) >= 11 is 5.61. The van der Waals surface area contributed by atoms with Gasteiger partial charge < -0.3 is 20.1 Å². The van der Waals surface area contributed by atoms with Gasteiger partial charge in [-0.1, -0.05) is 11.6 Å². The van der Waals surface area contributed by atoms with Crippen molar-refractivity contribution in [2.24, 2.45) is 0 Å². The van der Waals surface area contributed by atoms with Crippen LogP contribution < -0.4 is 20.1 Å². The van der Waals surface area contributed by atoms with Gasteiger partial charge >= 0.3 is 6.18 Å². The summed E-state index contributed by atoms with van der Waals surface area (Å²) in [6, 6.07) is 7.82. The standard InChI is InChI=1S/C19H20ClF3N2O3/c1-3-27-13-5-6-14(17(11-13)28-9-8-24-2)18(26)25-12-4-7-16(20)15(10-12)19(21,22)23/h4-7,10-11,24H,3,8-9H2,1-2H3,(H,25,26). The SMILES string of the molecule is CCOc1ccc(C(=O)Nc2ccc(Cl)c(C(F)(F)F)c2)c(OCCNC)c1. The fraction of sp³-hybridized carbons (Fsp3) is 0.316. The number of amides is 1. The number of carbonyl (C=O) groups excluding carboxylic acids is 1. The fourth-order valence-electron chi connectivity index (χ4n) is 2.35. The minimum atomic E-state index is -4.63. The van der Waals surface area contributed by atoms with Crippen LogP contribution in [0.25, 0.3) is 0 Å². The summed E-state index contributed by atoms with van der Waals surface area (Å²) in [5, 5.41) is 4.92. The lowest BCUT2D eigenvalue weighted by Gasteiger charge is -2.15. The smallest absolute Gasteiger partial charge is 0.417 e. The Hall–Kier alpha value is -2.45. The van der Waals surface area contributed by atoms with Crippen LogP contribution in [0.4, 0.5) is 18.9 Å². The molecular weight excluding hydrogens is 397 g/mol. The second-order valence-electron chi connectivity index (χ2n) is 5.69. The molecule has 0 fully saturated rings. The van der Waals surface area contributed by atoms with Crippen LogP contribution in [0, 0.1) is 0 Å². The van der Waals surface area contributed by atoms with E-state index in [2.05, 4.69) is 10.6 Å². The van der Waals surface area contributed by atoms with Crippen molar-refractivity contribution in [3.63, 3.8) is 0 Å². The van der Waals surface area contributed by atoms with Crippen molar-refractivity contribution < 1.29 is 27.4 Å². The van der Waals surface area contributed by atoms with Crippen molar-refractivity contribution in [2.75, 3.05) is 32.1 Å². The van der Waals surface area contributed by atoms with Crippen LogP contribution in [0.2, 0.25) is 5.02 Å². The molecule has 0 aliphatic rings. The highest BCUT2D eigenvalue weighted by atomic mass is 35.5. The van der Waals surface area contributed by atoms with Crippen molar-refractivity contribution >= 4 is 23.2 Å². The van der Waals surface area contributed by atoms with E-state index in [0.717, 1.165) is 12.1 Å². The van der Waals surface area contributed by atoms with Gasteiger partial charge in [-0.2, -0.15) is 13.2 Å². The number of rotatable bonds is 8. The Bertz CT molecular complexity index is 829. The second kappa shape index (κ2) is 9.66. The van der Waals surface area contributed by atoms with Crippen LogP contribution in [-0.4, -0.2) is 32.7 Å². The Morgan fingerprint density at radius 3 is 2.54 bits per heavy atom. The number of hydrogen-bond acceptors (Lipinski definition) is 4. The maximum absolute atomic E-state index is 13.0. The Labute approximate surface area is 165 Å². The number of benzene rings is 2. The van der Waals surface area contributed by atoms with E-state index in [1.807, 2.05) is 6.92 Å². The molecule has 0 saturated heterocycles. The molecule has 9 heteroatoms. The van der Waals surface area contributed by atoms with Crippen LogP contribution in [0.15, 0.2) is 36.4 Å². The number of nitrogens with one attached hydrogen (secondary N) is 2. The third-order valence-electron chi connectivity index (χ3n) is 3.65. The Balaban J connectivity index is 2.28. The maximum atomic E-state index is 13.0. The highest BCUT2D eigenvalue weighted by Crippen LogP contribution is 2.36. The fourth-order valence-corrected chi connectivity index (χ4v) is 2.57. The lowest BCUT2D eigenvalue weighted by atomic mass is 10.1. The monoisotopic (exact) mass is 416 g/mol. The molecule has 0 heterocycles. The number of carbonyl (C=O) groups is 1. The summed E-state index contributed by atoms with van der Waals surface area (Å²) in [6.45, 7) is 3.10. The molecule has 0 atom stereocenters. The van der Waals surface area contributed by atoms with Gasteiger partial charge in [-0.3, -0.25) is 4.79 Å². The molecule has 1 amide bonds. The molecule has 0 radical (unpaired) electrons. The lowest BCUT2D eigenvalue weighted by molar-refractivity contribution is -0.137. The van der Waals surface area contributed by atoms with Gasteiger partial charge in [0, 0.05) is 18.3 Å². The molecule has 2 N–H and O–H groups in total. The summed E-state index contributed by atoms with van der Waals surface area (Å²) < 4.78 is 50.0. The van der Waals surface area contributed by atoms with E-state index in [9.17, 15) is 18.0 Å². The molecule has 0 unspecified atom stereocenters. The van der Waals surface area contributed by atoms with Gasteiger partial charge in [0.2, 0.25) is 0 Å². The number of alkyl halides is 3. The maximum Gasteiger partial charge on any atom is 0.417 e. The van der Waals surface area contributed by atoms with Crippen molar-refractivity contribution in [3.05, 3.63) is 52.5 Å². The average molecular weight is 417 g/mol. The van der Waals surface area contributed by atoms with Crippen molar-refractivity contribution in [2.45, 2.75) is 13.1 Å². The molecule has 5 nitrogen and oxygen atoms in total. The molecule has 0 aliphatic carbocycles. The van der Waals surface area contributed by atoms with Gasteiger partial charge in [-0.25, -0.2) is 0 Å². The number of anilines is 1. The Kier molecular flexibility index (Phi) is 7.53. The first kappa shape index (κ1) is 21.8. The highest BCUT2D eigenvalue weighted by Gasteiger charge is 2.33. The molecule has 152 valence electrons. The number of likely N-dealkylation sites (N-methyl/N-ethyl adjacent to an activating group) is 1. The molecule has 0 saturated carbocycles. The summed E-state index contributed by atoms with van der Waals surface area (Å²) in [5.41, 5.74) is -0.885. The predicted octanol–water partition coefficient (Wildman–Crippen LogP) is 4.61. The highest BCUT2D eigenvalue weighted by molar-refractivity contribution is 6.31. The number of hydrogen-bond donors (Lipinski definition) is 2.